The zero-order chi connectivity index (χ0) is 13.2. The van der Waals surface area contributed by atoms with Gasteiger partial charge >= 0.3 is 5.97 Å². The fraction of sp³-hybridized carbons (Fsp3) is 0.154. The van der Waals surface area contributed by atoms with Crippen LogP contribution in [0.5, 0.6) is 0 Å². The minimum Gasteiger partial charge on any atom is -0.452 e. The highest BCUT2D eigenvalue weighted by atomic mass is 32.1. The number of ether oxygens (including phenoxy) is 1. The van der Waals surface area contributed by atoms with Gasteiger partial charge in [-0.2, -0.15) is 0 Å². The van der Waals surface area contributed by atoms with Gasteiger partial charge in [0.25, 0.3) is 0 Å². The number of thiazole rings is 1. The number of rotatable bonds is 3. The lowest BCUT2D eigenvalue weighted by Gasteiger charge is -2.10. The number of aromatic nitrogens is 3. The second-order valence-corrected chi connectivity index (χ2v) is 4.99. The molecule has 0 unspecified atom stereocenters. The molecule has 0 aliphatic rings. The first-order valence-corrected chi connectivity index (χ1v) is 6.64. The van der Waals surface area contributed by atoms with E-state index in [-0.39, 0.29) is 12.1 Å². The predicted molar refractivity (Wildman–Crippen MR) is 71.1 cm³/mol. The molecule has 0 aliphatic carbocycles. The number of nitrogens with zero attached hydrogens (tertiary/aromatic N) is 3. The van der Waals surface area contributed by atoms with Gasteiger partial charge in [-0.1, -0.05) is 0 Å². The third kappa shape index (κ3) is 2.34. The van der Waals surface area contributed by atoms with Gasteiger partial charge in [-0.15, -0.1) is 11.3 Å². The van der Waals surface area contributed by atoms with E-state index in [4.69, 9.17) is 4.74 Å². The third-order valence-corrected chi connectivity index (χ3v) is 3.67. The van der Waals surface area contributed by atoms with Gasteiger partial charge in [0.05, 0.1) is 23.6 Å². The molecule has 19 heavy (non-hydrogen) atoms. The summed E-state index contributed by atoms with van der Waals surface area (Å²) < 4.78 is 7.22. The zero-order valence-corrected chi connectivity index (χ0v) is 11.0. The van der Waals surface area contributed by atoms with Gasteiger partial charge in [0, 0.05) is 17.8 Å². The monoisotopic (exact) mass is 273 g/mol. The van der Waals surface area contributed by atoms with Crippen molar-refractivity contribution >= 4 is 22.8 Å². The van der Waals surface area contributed by atoms with Gasteiger partial charge < -0.3 is 9.14 Å². The maximum Gasteiger partial charge on any atom is 0.338 e. The summed E-state index contributed by atoms with van der Waals surface area (Å²) in [5.74, 6) is -0.355. The average Bonchev–Trinajstić information content (AvgIpc) is 3.09. The molecule has 5 nitrogen and oxygen atoms in total. The summed E-state index contributed by atoms with van der Waals surface area (Å²) in [4.78, 5) is 20.2. The van der Waals surface area contributed by atoms with Crippen molar-refractivity contribution in [1.82, 2.24) is 14.4 Å². The first-order valence-electron chi connectivity index (χ1n) is 5.76. The fourth-order valence-corrected chi connectivity index (χ4v) is 2.38. The number of carbonyl (C=O) groups excluding carboxylic acids is 1. The Balaban J connectivity index is 1.79. The first kappa shape index (κ1) is 11.9. The molecule has 0 saturated heterocycles. The van der Waals surface area contributed by atoms with Crippen LogP contribution in [-0.4, -0.2) is 20.3 Å². The van der Waals surface area contributed by atoms with Gasteiger partial charge in [-0.3, -0.25) is 0 Å². The van der Waals surface area contributed by atoms with E-state index in [1.165, 1.54) is 11.3 Å². The molecule has 1 atom stereocenters. The molecule has 0 bridgehead atoms. The molecule has 6 heteroatoms. The maximum atomic E-state index is 12.0. The van der Waals surface area contributed by atoms with E-state index in [0.717, 1.165) is 10.5 Å². The third-order valence-electron chi connectivity index (χ3n) is 2.73. The highest BCUT2D eigenvalue weighted by molar-refractivity contribution is 7.09. The Morgan fingerprint density at radius 1 is 1.53 bits per heavy atom. The van der Waals surface area contributed by atoms with Crippen LogP contribution in [0.1, 0.15) is 28.4 Å². The van der Waals surface area contributed by atoms with Gasteiger partial charge in [0.1, 0.15) is 5.01 Å². The van der Waals surface area contributed by atoms with Crippen LogP contribution in [0.3, 0.4) is 0 Å². The van der Waals surface area contributed by atoms with Crippen LogP contribution >= 0.6 is 11.3 Å². The van der Waals surface area contributed by atoms with E-state index in [2.05, 4.69) is 9.97 Å². The second kappa shape index (κ2) is 4.81. The Morgan fingerprint density at radius 2 is 2.42 bits per heavy atom. The molecular weight excluding hydrogens is 262 g/mol. The van der Waals surface area contributed by atoms with E-state index < -0.39 is 0 Å². The number of esters is 1. The topological polar surface area (TPSA) is 56.5 Å². The summed E-state index contributed by atoms with van der Waals surface area (Å²) in [6.07, 6.45) is 6.52. The number of hydrogen-bond donors (Lipinski definition) is 0. The lowest BCUT2D eigenvalue weighted by molar-refractivity contribution is 0.0337. The van der Waals surface area contributed by atoms with Crippen molar-refractivity contribution in [3.8, 4) is 0 Å². The zero-order valence-electron chi connectivity index (χ0n) is 10.2. The van der Waals surface area contributed by atoms with Crippen molar-refractivity contribution in [3.05, 3.63) is 53.0 Å². The fourth-order valence-electron chi connectivity index (χ4n) is 1.76. The van der Waals surface area contributed by atoms with Crippen LogP contribution in [0.2, 0.25) is 0 Å². The molecule has 96 valence electrons. The van der Waals surface area contributed by atoms with Crippen LogP contribution in [0, 0.1) is 0 Å². The molecule has 3 aromatic rings. The summed E-state index contributed by atoms with van der Waals surface area (Å²) in [5, 5.41) is 2.65. The van der Waals surface area contributed by atoms with E-state index in [0.29, 0.717) is 5.56 Å². The molecule has 0 fully saturated rings. The van der Waals surface area contributed by atoms with E-state index in [9.17, 15) is 4.79 Å². The molecule has 0 aliphatic heterocycles. The molecule has 0 saturated carbocycles. The van der Waals surface area contributed by atoms with E-state index in [1.807, 2.05) is 16.7 Å². The Hall–Kier alpha value is -2.21. The average molecular weight is 273 g/mol. The molecule has 0 aromatic carbocycles. The summed E-state index contributed by atoms with van der Waals surface area (Å²) in [7, 11) is 0. The second-order valence-electron chi connectivity index (χ2n) is 4.06. The highest BCUT2D eigenvalue weighted by Gasteiger charge is 2.15. The highest BCUT2D eigenvalue weighted by Crippen LogP contribution is 2.20. The van der Waals surface area contributed by atoms with Crippen LogP contribution in [0.25, 0.3) is 5.52 Å². The number of imidazole rings is 1. The molecular formula is C13H11N3O2S. The molecule has 3 heterocycles. The van der Waals surface area contributed by atoms with E-state index in [1.54, 1.807) is 37.1 Å². The lowest BCUT2D eigenvalue weighted by Crippen LogP contribution is -2.09. The molecule has 0 amide bonds. The minimum atomic E-state index is -0.355. The Labute approximate surface area is 113 Å². The first-order chi connectivity index (χ1) is 9.24. The number of hydrogen-bond acceptors (Lipinski definition) is 5. The van der Waals surface area contributed by atoms with Crippen molar-refractivity contribution in [1.29, 1.82) is 0 Å². The van der Waals surface area contributed by atoms with Crippen molar-refractivity contribution < 1.29 is 9.53 Å². The molecule has 3 aromatic heterocycles. The van der Waals surface area contributed by atoms with Gasteiger partial charge in [-0.05, 0) is 19.1 Å². The van der Waals surface area contributed by atoms with Crippen molar-refractivity contribution in [2.45, 2.75) is 13.0 Å². The number of pyridine rings is 1. The van der Waals surface area contributed by atoms with E-state index >= 15 is 0 Å². The molecule has 0 N–H and O–H groups in total. The summed E-state index contributed by atoms with van der Waals surface area (Å²) in [5.41, 5.74) is 1.37. The standard InChI is InChI=1S/C13H11N3O2S/c1-9(12-15-3-5-19-12)18-13(17)10-2-4-16-8-14-7-11(16)6-10/h2-9H,1H3/t9-/m0/s1. The van der Waals surface area contributed by atoms with Gasteiger partial charge in [-0.25, -0.2) is 14.8 Å². The Kier molecular flexibility index (Phi) is 3.00. The number of fused-ring (bicyclic) bond motifs is 1. The summed E-state index contributed by atoms with van der Waals surface area (Å²) >= 11 is 1.47. The maximum absolute atomic E-state index is 12.0. The number of carbonyl (C=O) groups is 1. The predicted octanol–water partition coefficient (Wildman–Crippen LogP) is 2.71. The quantitative estimate of drug-likeness (QED) is 0.688. The molecule has 0 spiro atoms. The van der Waals surface area contributed by atoms with Crippen molar-refractivity contribution in [2.24, 2.45) is 0 Å². The van der Waals surface area contributed by atoms with Crippen LogP contribution < -0.4 is 0 Å². The minimum absolute atomic E-state index is 0.339. The van der Waals surface area contributed by atoms with Crippen LogP contribution in [-0.2, 0) is 4.74 Å². The summed E-state index contributed by atoms with van der Waals surface area (Å²) in [6, 6.07) is 3.47. The molecule has 3 rings (SSSR count). The Morgan fingerprint density at radius 3 is 3.21 bits per heavy atom. The molecule has 0 radical (unpaired) electrons. The Bertz CT molecular complexity index is 706. The van der Waals surface area contributed by atoms with Gasteiger partial charge in [0.15, 0.2) is 6.10 Å². The van der Waals surface area contributed by atoms with Crippen molar-refractivity contribution in [2.75, 3.05) is 0 Å². The lowest BCUT2D eigenvalue weighted by atomic mass is 10.2. The van der Waals surface area contributed by atoms with Crippen molar-refractivity contribution in [3.63, 3.8) is 0 Å². The summed E-state index contributed by atoms with van der Waals surface area (Å²) in [6.45, 7) is 1.81. The SMILES string of the molecule is C[C@H](OC(=O)c1ccn2cncc2c1)c1nccs1. The largest absolute Gasteiger partial charge is 0.452 e. The normalized spacial score (nSPS) is 12.5. The van der Waals surface area contributed by atoms with Gasteiger partial charge in [0.2, 0.25) is 0 Å². The smallest absolute Gasteiger partial charge is 0.338 e. The van der Waals surface area contributed by atoms with Crippen LogP contribution in [0.15, 0.2) is 42.4 Å². The van der Waals surface area contributed by atoms with Crippen LogP contribution in [0.4, 0.5) is 0 Å².